The smallest absolute Gasteiger partial charge is 0.126 e. The van der Waals surface area contributed by atoms with Gasteiger partial charge in [0.05, 0.1) is 12.0 Å². The molecule has 0 saturated carbocycles. The summed E-state index contributed by atoms with van der Waals surface area (Å²) < 4.78 is 5.24. The summed E-state index contributed by atoms with van der Waals surface area (Å²) in [7, 11) is 1.64. The number of rotatable bonds is 2. The summed E-state index contributed by atoms with van der Waals surface area (Å²) in [5, 5.41) is 0. The van der Waals surface area contributed by atoms with Crippen molar-refractivity contribution in [2.24, 2.45) is 4.99 Å². The zero-order valence-electron chi connectivity index (χ0n) is 7.65. The number of aliphatic imine (C=N–C) groups is 1. The molecule has 0 bridgehead atoms. The van der Waals surface area contributed by atoms with E-state index in [1.807, 2.05) is 24.3 Å². The lowest BCUT2D eigenvalue weighted by molar-refractivity contribution is 0.413. The molecule has 3 heteroatoms. The summed E-state index contributed by atoms with van der Waals surface area (Å²) in [4.78, 5) is 4.52. The number of hydrogen-bond acceptors (Lipinski definition) is 3. The van der Waals surface area contributed by atoms with Crippen molar-refractivity contribution in [3.8, 4) is 5.75 Å². The van der Waals surface area contributed by atoms with E-state index in [-0.39, 0.29) is 0 Å². The van der Waals surface area contributed by atoms with Crippen LogP contribution in [0.2, 0.25) is 0 Å². The molecule has 1 aromatic rings. The van der Waals surface area contributed by atoms with Crippen LogP contribution in [0.4, 0.5) is 0 Å². The molecule has 69 valence electrons. The molecule has 14 heavy (non-hydrogen) atoms. The lowest BCUT2D eigenvalue weighted by Gasteiger charge is -2.07. The fourth-order valence-electron chi connectivity index (χ4n) is 1.33. The average Bonchev–Trinajstić information content (AvgIpc) is 2.64. The minimum atomic E-state index is 0.634. The van der Waals surface area contributed by atoms with E-state index in [0.717, 1.165) is 16.9 Å². The van der Waals surface area contributed by atoms with Gasteiger partial charge in [0.15, 0.2) is 0 Å². The maximum Gasteiger partial charge on any atom is 0.126 e. The van der Waals surface area contributed by atoms with Gasteiger partial charge in [0.25, 0.3) is 0 Å². The molecule has 0 N–H and O–H groups in total. The van der Waals surface area contributed by atoms with Crippen molar-refractivity contribution in [2.75, 3.05) is 7.11 Å². The third-order valence-corrected chi connectivity index (χ3v) is 2.31. The highest BCUT2D eigenvalue weighted by Gasteiger charge is 2.14. The van der Waals surface area contributed by atoms with Crippen molar-refractivity contribution >= 4 is 28.9 Å². The Morgan fingerprint density at radius 1 is 1.36 bits per heavy atom. The van der Waals surface area contributed by atoms with E-state index in [4.69, 9.17) is 17.0 Å². The van der Waals surface area contributed by atoms with Gasteiger partial charge in [0.2, 0.25) is 0 Å². The van der Waals surface area contributed by atoms with Crippen molar-refractivity contribution in [1.82, 2.24) is 0 Å². The van der Waals surface area contributed by atoms with Gasteiger partial charge >= 0.3 is 0 Å². The predicted molar refractivity (Wildman–Crippen MR) is 61.0 cm³/mol. The van der Waals surface area contributed by atoms with Gasteiger partial charge in [-0.05, 0) is 6.07 Å². The van der Waals surface area contributed by atoms with Gasteiger partial charge in [0, 0.05) is 17.3 Å². The first-order chi connectivity index (χ1) is 6.83. The van der Waals surface area contributed by atoms with Crippen molar-refractivity contribution in [3.63, 3.8) is 0 Å². The second kappa shape index (κ2) is 3.72. The molecule has 0 aromatic heterocycles. The largest absolute Gasteiger partial charge is 0.496 e. The molecule has 1 heterocycles. The highest BCUT2D eigenvalue weighted by Crippen LogP contribution is 2.28. The Balaban J connectivity index is 2.47. The van der Waals surface area contributed by atoms with E-state index >= 15 is 0 Å². The van der Waals surface area contributed by atoms with Crippen molar-refractivity contribution in [1.29, 1.82) is 0 Å². The molecule has 1 radical (unpaired) electrons. The summed E-state index contributed by atoms with van der Waals surface area (Å²) >= 11 is 5.10. The zero-order valence-corrected chi connectivity index (χ0v) is 8.47. The lowest BCUT2D eigenvalue weighted by atomic mass is 10.0. The standard InChI is InChI=1S/C11H8NOS/c1-13-10-5-3-2-4-8(10)9-6-12-7-11(9)14/h2-6H,1H3. The Kier molecular flexibility index (Phi) is 2.41. The Labute approximate surface area is 87.9 Å². The molecular formula is C11H8NOS. The number of ether oxygens (including phenoxy) is 1. The number of allylic oxidation sites excluding steroid dienone is 1. The molecule has 0 amide bonds. The van der Waals surface area contributed by atoms with Crippen LogP contribution in [0, 0.1) is 0 Å². The molecule has 2 nitrogen and oxygen atoms in total. The highest BCUT2D eigenvalue weighted by molar-refractivity contribution is 7.83. The Morgan fingerprint density at radius 2 is 2.14 bits per heavy atom. The maximum absolute atomic E-state index is 5.24. The van der Waals surface area contributed by atoms with Crippen molar-refractivity contribution in [2.45, 2.75) is 0 Å². The van der Waals surface area contributed by atoms with Gasteiger partial charge < -0.3 is 4.74 Å². The molecule has 0 spiro atoms. The number of thiocarbonyl (C=S) groups is 1. The summed E-state index contributed by atoms with van der Waals surface area (Å²) in [5.74, 6) is 0.806. The quantitative estimate of drug-likeness (QED) is 0.687. The molecule has 0 unspecified atom stereocenters. The normalized spacial score (nSPS) is 14.4. The lowest BCUT2D eigenvalue weighted by Crippen LogP contribution is -1.98. The van der Waals surface area contributed by atoms with E-state index in [1.165, 1.54) is 0 Å². The van der Waals surface area contributed by atoms with Crippen LogP contribution < -0.4 is 4.74 Å². The van der Waals surface area contributed by atoms with Gasteiger partial charge in [-0.1, -0.05) is 30.4 Å². The molecule has 0 fully saturated rings. The first kappa shape index (κ1) is 9.09. The van der Waals surface area contributed by atoms with E-state index < -0.39 is 0 Å². The highest BCUT2D eigenvalue weighted by atomic mass is 32.1. The molecule has 0 atom stereocenters. The SMILES string of the molecule is COc1ccccc1C1=CN=[C]C1=S. The Hall–Kier alpha value is -1.48. The average molecular weight is 202 g/mol. The van der Waals surface area contributed by atoms with Crippen LogP contribution >= 0.6 is 12.2 Å². The number of para-hydroxylation sites is 1. The molecular weight excluding hydrogens is 194 g/mol. The van der Waals surface area contributed by atoms with Crippen LogP contribution in [0.1, 0.15) is 5.56 Å². The van der Waals surface area contributed by atoms with E-state index in [9.17, 15) is 0 Å². The fraction of sp³-hybridized carbons (Fsp3) is 0.0909. The maximum atomic E-state index is 5.24. The summed E-state index contributed by atoms with van der Waals surface area (Å²) in [5.41, 5.74) is 1.87. The second-order valence-electron chi connectivity index (χ2n) is 2.81. The van der Waals surface area contributed by atoms with Gasteiger partial charge in [-0.25, -0.2) is 0 Å². The topological polar surface area (TPSA) is 21.6 Å². The summed E-state index contributed by atoms with van der Waals surface area (Å²) in [6.45, 7) is 0. The minimum Gasteiger partial charge on any atom is -0.496 e. The number of benzene rings is 1. The van der Waals surface area contributed by atoms with Crippen LogP contribution in [0.3, 0.4) is 0 Å². The van der Waals surface area contributed by atoms with Crippen molar-refractivity contribution in [3.05, 3.63) is 36.0 Å². The van der Waals surface area contributed by atoms with E-state index in [1.54, 1.807) is 13.3 Å². The minimum absolute atomic E-state index is 0.634. The number of methoxy groups -OCH3 is 1. The summed E-state index contributed by atoms with van der Waals surface area (Å²) in [6, 6.07) is 7.72. The zero-order chi connectivity index (χ0) is 9.97. The van der Waals surface area contributed by atoms with Crippen LogP contribution in [0.15, 0.2) is 35.5 Å². The predicted octanol–water partition coefficient (Wildman–Crippen LogP) is 2.37. The van der Waals surface area contributed by atoms with E-state index in [0.29, 0.717) is 4.86 Å². The second-order valence-corrected chi connectivity index (χ2v) is 3.22. The van der Waals surface area contributed by atoms with Gasteiger partial charge in [-0.3, -0.25) is 4.99 Å². The number of nitrogens with zero attached hydrogens (tertiary/aromatic N) is 1. The Morgan fingerprint density at radius 3 is 2.79 bits per heavy atom. The third-order valence-electron chi connectivity index (χ3n) is 2.00. The van der Waals surface area contributed by atoms with Gasteiger partial charge in [-0.15, -0.1) is 0 Å². The van der Waals surface area contributed by atoms with Crippen LogP contribution in [-0.4, -0.2) is 18.2 Å². The number of hydrogen-bond donors (Lipinski definition) is 0. The molecule has 0 aliphatic carbocycles. The van der Waals surface area contributed by atoms with Crippen LogP contribution in [0.5, 0.6) is 5.75 Å². The van der Waals surface area contributed by atoms with Crippen LogP contribution in [-0.2, 0) is 0 Å². The Bertz CT molecular complexity index is 435. The monoisotopic (exact) mass is 202 g/mol. The fourth-order valence-corrected chi connectivity index (χ4v) is 1.55. The van der Waals surface area contributed by atoms with Gasteiger partial charge in [0.1, 0.15) is 12.0 Å². The first-order valence-electron chi connectivity index (χ1n) is 4.16. The molecule has 1 aromatic carbocycles. The van der Waals surface area contributed by atoms with Crippen LogP contribution in [0.25, 0.3) is 5.57 Å². The molecule has 0 saturated heterocycles. The molecule has 1 aliphatic heterocycles. The van der Waals surface area contributed by atoms with Crippen molar-refractivity contribution < 1.29 is 4.74 Å². The molecule has 1 aliphatic rings. The first-order valence-corrected chi connectivity index (χ1v) is 4.57. The van der Waals surface area contributed by atoms with E-state index in [2.05, 4.69) is 11.2 Å². The third kappa shape index (κ3) is 1.46. The molecule has 2 rings (SSSR count). The van der Waals surface area contributed by atoms with Gasteiger partial charge in [-0.2, -0.15) is 0 Å². The summed E-state index contributed by atoms with van der Waals surface area (Å²) in [6.07, 6.45) is 4.44.